The van der Waals surface area contributed by atoms with Gasteiger partial charge in [0.2, 0.25) is 0 Å². The molecule has 1 saturated carbocycles. The Morgan fingerprint density at radius 3 is 2.44 bits per heavy atom. The zero-order valence-corrected chi connectivity index (χ0v) is 11.7. The Hall–Kier alpha value is -0.600. The highest BCUT2D eigenvalue weighted by molar-refractivity contribution is 6.30. The molecular formula is C15H20ClFO. The van der Waals surface area contributed by atoms with E-state index in [9.17, 15) is 9.50 Å². The van der Waals surface area contributed by atoms with Crippen molar-refractivity contribution in [3.8, 4) is 0 Å². The molecule has 0 spiro atoms. The molecule has 1 fully saturated rings. The van der Waals surface area contributed by atoms with Gasteiger partial charge in [0.15, 0.2) is 0 Å². The first-order valence-corrected chi connectivity index (χ1v) is 6.84. The molecule has 0 bridgehead atoms. The number of hydrogen-bond acceptors (Lipinski definition) is 1. The zero-order chi connectivity index (χ0) is 13.4. The average molecular weight is 271 g/mol. The summed E-state index contributed by atoms with van der Waals surface area (Å²) in [5, 5.41) is 11.1. The highest BCUT2D eigenvalue weighted by Gasteiger charge is 2.37. The van der Waals surface area contributed by atoms with Gasteiger partial charge < -0.3 is 5.11 Å². The van der Waals surface area contributed by atoms with Crippen LogP contribution in [0.5, 0.6) is 0 Å². The maximum Gasteiger partial charge on any atom is 0.126 e. The fourth-order valence-corrected chi connectivity index (χ4v) is 2.80. The van der Waals surface area contributed by atoms with E-state index >= 15 is 0 Å². The second kappa shape index (κ2) is 4.82. The molecule has 1 aromatic rings. The van der Waals surface area contributed by atoms with Crippen LogP contribution in [0.15, 0.2) is 18.2 Å². The van der Waals surface area contributed by atoms with Gasteiger partial charge in [-0.2, -0.15) is 0 Å². The predicted octanol–water partition coefficient (Wildman–Crippen LogP) is 4.35. The van der Waals surface area contributed by atoms with Crippen LogP contribution in [-0.4, -0.2) is 10.7 Å². The number of hydrogen-bond donors (Lipinski definition) is 1. The van der Waals surface area contributed by atoms with Crippen LogP contribution in [0.2, 0.25) is 5.02 Å². The number of halogens is 2. The summed E-state index contributed by atoms with van der Waals surface area (Å²) in [6.45, 7) is 4.43. The summed E-state index contributed by atoms with van der Waals surface area (Å²) in [6.07, 6.45) is 3.77. The highest BCUT2D eigenvalue weighted by Crippen LogP contribution is 2.41. The third kappa shape index (κ3) is 3.24. The quantitative estimate of drug-likeness (QED) is 0.847. The van der Waals surface area contributed by atoms with Gasteiger partial charge in [-0.3, -0.25) is 0 Å². The molecule has 0 aliphatic heterocycles. The molecule has 18 heavy (non-hydrogen) atoms. The molecule has 0 aromatic heterocycles. The molecule has 100 valence electrons. The SMILES string of the molecule is CC1(C)CCC(O)(Cc2cc(Cl)ccc2F)CC1. The van der Waals surface area contributed by atoms with Crippen LogP contribution in [0.3, 0.4) is 0 Å². The van der Waals surface area contributed by atoms with E-state index in [1.54, 1.807) is 6.07 Å². The molecule has 1 N–H and O–H groups in total. The number of benzene rings is 1. The van der Waals surface area contributed by atoms with Crippen molar-refractivity contribution in [2.24, 2.45) is 5.41 Å². The predicted molar refractivity (Wildman–Crippen MR) is 72.3 cm³/mol. The lowest BCUT2D eigenvalue weighted by atomic mass is 9.69. The average Bonchev–Trinajstić information content (AvgIpc) is 2.29. The van der Waals surface area contributed by atoms with Gasteiger partial charge in [-0.25, -0.2) is 4.39 Å². The summed E-state index contributed by atoms with van der Waals surface area (Å²) in [4.78, 5) is 0. The lowest BCUT2D eigenvalue weighted by Crippen LogP contribution is -2.38. The van der Waals surface area contributed by atoms with Gasteiger partial charge in [-0.05, 0) is 54.9 Å². The van der Waals surface area contributed by atoms with Gasteiger partial charge in [0.1, 0.15) is 5.82 Å². The molecule has 2 rings (SSSR count). The first kappa shape index (κ1) is 13.8. The molecule has 1 nitrogen and oxygen atoms in total. The van der Waals surface area contributed by atoms with Crippen LogP contribution in [0, 0.1) is 11.2 Å². The van der Waals surface area contributed by atoms with Crippen molar-refractivity contribution >= 4 is 11.6 Å². The lowest BCUT2D eigenvalue weighted by molar-refractivity contribution is -0.0256. The Bertz CT molecular complexity index is 432. The minimum atomic E-state index is -0.777. The first-order valence-electron chi connectivity index (χ1n) is 6.46. The van der Waals surface area contributed by atoms with Crippen molar-refractivity contribution in [2.45, 2.75) is 51.6 Å². The molecule has 0 saturated heterocycles. The minimum absolute atomic E-state index is 0.280. The second-order valence-electron chi connectivity index (χ2n) is 6.30. The fraction of sp³-hybridized carbons (Fsp3) is 0.600. The molecule has 0 atom stereocenters. The fourth-order valence-electron chi connectivity index (χ4n) is 2.60. The molecule has 3 heteroatoms. The Kier molecular flexibility index (Phi) is 3.70. The second-order valence-corrected chi connectivity index (χ2v) is 6.74. The van der Waals surface area contributed by atoms with E-state index < -0.39 is 5.60 Å². The van der Waals surface area contributed by atoms with Crippen LogP contribution in [0.25, 0.3) is 0 Å². The maximum absolute atomic E-state index is 13.7. The Morgan fingerprint density at radius 2 is 1.83 bits per heavy atom. The maximum atomic E-state index is 13.7. The van der Waals surface area contributed by atoms with Crippen LogP contribution < -0.4 is 0 Å². The van der Waals surface area contributed by atoms with E-state index in [-0.39, 0.29) is 5.82 Å². The topological polar surface area (TPSA) is 20.2 Å². The minimum Gasteiger partial charge on any atom is -0.390 e. The van der Waals surface area contributed by atoms with E-state index in [0.29, 0.717) is 22.4 Å². The monoisotopic (exact) mass is 270 g/mol. The molecule has 1 aliphatic rings. The summed E-state index contributed by atoms with van der Waals surface area (Å²) >= 11 is 5.88. The highest BCUT2D eigenvalue weighted by atomic mass is 35.5. The largest absolute Gasteiger partial charge is 0.390 e. The summed E-state index contributed by atoms with van der Waals surface area (Å²) in [5.41, 5.74) is 0.0323. The van der Waals surface area contributed by atoms with Crippen molar-refractivity contribution in [3.63, 3.8) is 0 Å². The van der Waals surface area contributed by atoms with Crippen LogP contribution in [-0.2, 0) is 6.42 Å². The third-order valence-electron chi connectivity index (χ3n) is 4.06. The van der Waals surface area contributed by atoms with Crippen molar-refractivity contribution in [1.29, 1.82) is 0 Å². The van der Waals surface area contributed by atoms with E-state index in [1.807, 2.05) is 0 Å². The van der Waals surface area contributed by atoms with Gasteiger partial charge in [-0.15, -0.1) is 0 Å². The molecule has 1 aromatic carbocycles. The van der Waals surface area contributed by atoms with Gasteiger partial charge in [0.25, 0.3) is 0 Å². The van der Waals surface area contributed by atoms with Crippen molar-refractivity contribution in [3.05, 3.63) is 34.6 Å². The van der Waals surface area contributed by atoms with E-state index in [0.717, 1.165) is 25.7 Å². The van der Waals surface area contributed by atoms with Gasteiger partial charge in [-0.1, -0.05) is 25.4 Å². The summed E-state index contributed by atoms with van der Waals surface area (Å²) in [5.74, 6) is -0.280. The van der Waals surface area contributed by atoms with Gasteiger partial charge in [0.05, 0.1) is 5.60 Å². The summed E-state index contributed by atoms with van der Waals surface area (Å²) in [6, 6.07) is 4.52. The van der Waals surface area contributed by atoms with E-state index in [2.05, 4.69) is 13.8 Å². The Balaban J connectivity index is 2.11. The smallest absolute Gasteiger partial charge is 0.126 e. The number of rotatable bonds is 2. The first-order chi connectivity index (χ1) is 8.30. The zero-order valence-electron chi connectivity index (χ0n) is 11.0. The normalized spacial score (nSPS) is 21.8. The standard InChI is InChI=1S/C15H20ClFO/c1-14(2)5-7-15(18,8-6-14)10-11-9-12(16)3-4-13(11)17/h3-4,9,18H,5-8,10H2,1-2H3. The summed E-state index contributed by atoms with van der Waals surface area (Å²) < 4.78 is 13.7. The van der Waals surface area contributed by atoms with Crippen LogP contribution >= 0.6 is 11.6 Å². The molecule has 0 amide bonds. The molecule has 0 heterocycles. The van der Waals surface area contributed by atoms with Gasteiger partial charge in [0, 0.05) is 11.4 Å². The third-order valence-corrected chi connectivity index (χ3v) is 4.30. The Labute approximate surface area is 113 Å². The molecule has 0 unspecified atom stereocenters. The molecule has 0 radical (unpaired) electrons. The molecule has 1 aliphatic carbocycles. The molecular weight excluding hydrogens is 251 g/mol. The van der Waals surface area contributed by atoms with Crippen LogP contribution in [0.1, 0.15) is 45.1 Å². The summed E-state index contributed by atoms with van der Waals surface area (Å²) in [7, 11) is 0. The van der Waals surface area contributed by atoms with Crippen molar-refractivity contribution in [1.82, 2.24) is 0 Å². The van der Waals surface area contributed by atoms with Crippen molar-refractivity contribution < 1.29 is 9.50 Å². The van der Waals surface area contributed by atoms with Gasteiger partial charge >= 0.3 is 0 Å². The van der Waals surface area contributed by atoms with Crippen LogP contribution in [0.4, 0.5) is 4.39 Å². The Morgan fingerprint density at radius 1 is 1.22 bits per heavy atom. The van der Waals surface area contributed by atoms with Crippen molar-refractivity contribution in [2.75, 3.05) is 0 Å². The lowest BCUT2D eigenvalue weighted by Gasteiger charge is -2.40. The number of aliphatic hydroxyl groups is 1. The van der Waals surface area contributed by atoms with E-state index in [4.69, 9.17) is 11.6 Å². The van der Waals surface area contributed by atoms with E-state index in [1.165, 1.54) is 12.1 Å².